The molecular weight excluding hydrogens is 384 g/mol. The van der Waals surface area contributed by atoms with Gasteiger partial charge in [-0.1, -0.05) is 96.8 Å². The first-order valence-corrected chi connectivity index (χ1v) is 12.3. The highest BCUT2D eigenvalue weighted by Crippen LogP contribution is 2.32. The fourth-order valence-corrected chi connectivity index (χ4v) is 4.23. The normalized spacial score (nSPS) is 26.4. The van der Waals surface area contributed by atoms with Gasteiger partial charge in [0.05, 0.1) is 13.0 Å². The number of carbonyl (C=O) groups excluding carboxylic acids is 1. The van der Waals surface area contributed by atoms with E-state index in [0.717, 1.165) is 19.3 Å². The van der Waals surface area contributed by atoms with Crippen LogP contribution in [0, 0.1) is 0 Å². The van der Waals surface area contributed by atoms with Crippen molar-refractivity contribution in [3.05, 3.63) is 0 Å². The minimum atomic E-state index is -2.10. The third-order valence-electron chi connectivity index (χ3n) is 6.21. The standard InChI is InChI=1S/C24H46O6/c1-2-3-4-5-6-7-8-9-10-11-12-13-14-15-16-17-20(26)18-24(29)23(28)22(27)21(19-25)30-24/h21-23,25,27-29H,2-19H2,1H3/t21-,22+,23-,24+/m1/s1. The number of ether oxygens (including phenoxy) is 1. The number of carbonyl (C=O) groups is 1. The maximum atomic E-state index is 12.1. The minimum Gasteiger partial charge on any atom is -0.394 e. The second-order valence-corrected chi connectivity index (χ2v) is 9.03. The Morgan fingerprint density at radius 3 is 1.63 bits per heavy atom. The van der Waals surface area contributed by atoms with Crippen LogP contribution in [0.1, 0.15) is 116 Å². The van der Waals surface area contributed by atoms with Gasteiger partial charge >= 0.3 is 0 Å². The summed E-state index contributed by atoms with van der Waals surface area (Å²) in [5.74, 6) is -2.30. The van der Waals surface area contributed by atoms with Crippen LogP contribution in [0.5, 0.6) is 0 Å². The van der Waals surface area contributed by atoms with E-state index in [1.54, 1.807) is 0 Å². The second-order valence-electron chi connectivity index (χ2n) is 9.03. The van der Waals surface area contributed by atoms with Crippen molar-refractivity contribution in [2.75, 3.05) is 6.61 Å². The topological polar surface area (TPSA) is 107 Å². The Bertz CT molecular complexity index is 443. The fourth-order valence-electron chi connectivity index (χ4n) is 4.23. The van der Waals surface area contributed by atoms with Gasteiger partial charge in [-0.2, -0.15) is 0 Å². The number of rotatable bonds is 19. The Morgan fingerprint density at radius 2 is 1.23 bits per heavy atom. The van der Waals surface area contributed by atoms with E-state index in [1.165, 1.54) is 77.0 Å². The van der Waals surface area contributed by atoms with Crippen LogP contribution in [0.2, 0.25) is 0 Å². The largest absolute Gasteiger partial charge is 0.394 e. The van der Waals surface area contributed by atoms with Crippen molar-refractivity contribution >= 4 is 5.78 Å². The van der Waals surface area contributed by atoms with Crippen LogP contribution >= 0.6 is 0 Å². The molecule has 0 saturated carbocycles. The van der Waals surface area contributed by atoms with E-state index in [-0.39, 0.29) is 12.2 Å². The van der Waals surface area contributed by atoms with Gasteiger partial charge in [0, 0.05) is 6.42 Å². The average molecular weight is 431 g/mol. The summed E-state index contributed by atoms with van der Waals surface area (Å²) in [7, 11) is 0. The summed E-state index contributed by atoms with van der Waals surface area (Å²) >= 11 is 0. The van der Waals surface area contributed by atoms with Crippen molar-refractivity contribution in [1.29, 1.82) is 0 Å². The third kappa shape index (κ3) is 10.7. The van der Waals surface area contributed by atoms with E-state index in [2.05, 4.69) is 6.92 Å². The molecule has 0 unspecified atom stereocenters. The molecule has 1 aliphatic heterocycles. The molecule has 0 radical (unpaired) electrons. The average Bonchev–Trinajstić information content (AvgIpc) is 2.94. The molecule has 0 aromatic heterocycles. The van der Waals surface area contributed by atoms with E-state index >= 15 is 0 Å². The highest BCUT2D eigenvalue weighted by molar-refractivity contribution is 5.79. The van der Waals surface area contributed by atoms with Crippen molar-refractivity contribution in [1.82, 2.24) is 0 Å². The van der Waals surface area contributed by atoms with Gasteiger partial charge in [-0.25, -0.2) is 0 Å². The predicted molar refractivity (Wildman–Crippen MR) is 118 cm³/mol. The van der Waals surface area contributed by atoms with E-state index in [9.17, 15) is 20.1 Å². The highest BCUT2D eigenvalue weighted by Gasteiger charge is 2.53. The molecule has 178 valence electrons. The van der Waals surface area contributed by atoms with E-state index < -0.39 is 30.7 Å². The van der Waals surface area contributed by atoms with Crippen LogP contribution in [0.25, 0.3) is 0 Å². The van der Waals surface area contributed by atoms with Crippen LogP contribution in [0.3, 0.4) is 0 Å². The summed E-state index contributed by atoms with van der Waals surface area (Å²) < 4.78 is 5.11. The smallest absolute Gasteiger partial charge is 0.202 e. The minimum absolute atomic E-state index is 0.197. The molecule has 6 heteroatoms. The summed E-state index contributed by atoms with van der Waals surface area (Å²) in [6.45, 7) is 1.73. The Balaban J connectivity index is 1.93. The molecule has 0 aliphatic carbocycles. The Labute approximate surface area is 183 Å². The first kappa shape index (κ1) is 27.5. The van der Waals surface area contributed by atoms with Gasteiger partial charge < -0.3 is 25.2 Å². The molecule has 0 bridgehead atoms. The molecule has 0 aromatic rings. The zero-order valence-corrected chi connectivity index (χ0v) is 19.1. The Kier molecular flexibility index (Phi) is 14.8. The lowest BCUT2D eigenvalue weighted by Gasteiger charge is -2.25. The number of ketones is 1. The summed E-state index contributed by atoms with van der Waals surface area (Å²) in [6.07, 6.45) is 14.8. The monoisotopic (exact) mass is 430 g/mol. The first-order valence-electron chi connectivity index (χ1n) is 12.3. The maximum absolute atomic E-state index is 12.1. The molecule has 1 fully saturated rings. The molecule has 0 spiro atoms. The number of aliphatic hydroxyl groups is 4. The number of unbranched alkanes of at least 4 members (excludes halogenated alkanes) is 14. The van der Waals surface area contributed by atoms with Crippen molar-refractivity contribution < 1.29 is 30.0 Å². The molecule has 6 nitrogen and oxygen atoms in total. The van der Waals surface area contributed by atoms with Gasteiger partial charge in [0.15, 0.2) is 0 Å². The van der Waals surface area contributed by atoms with Crippen LogP contribution in [0.15, 0.2) is 0 Å². The van der Waals surface area contributed by atoms with Crippen molar-refractivity contribution in [3.8, 4) is 0 Å². The van der Waals surface area contributed by atoms with Crippen molar-refractivity contribution in [3.63, 3.8) is 0 Å². The molecule has 0 amide bonds. The molecule has 1 heterocycles. The van der Waals surface area contributed by atoms with Crippen LogP contribution in [0.4, 0.5) is 0 Å². The summed E-state index contributed by atoms with van der Waals surface area (Å²) in [6, 6.07) is 0. The molecule has 4 N–H and O–H groups in total. The fraction of sp³-hybridized carbons (Fsp3) is 0.958. The number of aliphatic hydroxyl groups excluding tert-OH is 3. The summed E-state index contributed by atoms with van der Waals surface area (Å²) in [5.41, 5.74) is 0. The molecule has 1 aliphatic rings. The lowest BCUT2D eigenvalue weighted by molar-refractivity contribution is -0.231. The lowest BCUT2D eigenvalue weighted by Crippen LogP contribution is -2.44. The maximum Gasteiger partial charge on any atom is 0.202 e. The molecule has 1 rings (SSSR count). The van der Waals surface area contributed by atoms with Gasteiger partial charge in [0.2, 0.25) is 5.79 Å². The van der Waals surface area contributed by atoms with E-state index in [1.807, 2.05) is 0 Å². The van der Waals surface area contributed by atoms with Gasteiger partial charge in [-0.3, -0.25) is 4.79 Å². The lowest BCUT2D eigenvalue weighted by atomic mass is 9.97. The Morgan fingerprint density at radius 1 is 0.800 bits per heavy atom. The number of hydrogen-bond donors (Lipinski definition) is 4. The summed E-state index contributed by atoms with van der Waals surface area (Å²) in [5, 5.41) is 38.9. The van der Waals surface area contributed by atoms with Crippen LogP contribution in [-0.4, -0.2) is 56.9 Å². The zero-order chi connectivity index (χ0) is 22.2. The van der Waals surface area contributed by atoms with Gasteiger partial charge in [0.25, 0.3) is 0 Å². The molecule has 4 atom stereocenters. The van der Waals surface area contributed by atoms with E-state index in [4.69, 9.17) is 9.84 Å². The zero-order valence-electron chi connectivity index (χ0n) is 19.1. The molecular formula is C24H46O6. The van der Waals surface area contributed by atoms with Crippen LogP contribution in [-0.2, 0) is 9.53 Å². The third-order valence-corrected chi connectivity index (χ3v) is 6.21. The van der Waals surface area contributed by atoms with Gasteiger partial charge in [-0.15, -0.1) is 0 Å². The van der Waals surface area contributed by atoms with Crippen molar-refractivity contribution in [2.45, 2.75) is 140 Å². The van der Waals surface area contributed by atoms with E-state index in [0.29, 0.717) is 6.42 Å². The van der Waals surface area contributed by atoms with Gasteiger partial charge in [-0.05, 0) is 6.42 Å². The number of Topliss-reactive ketones (excluding diaryl/α,β-unsaturated/α-hetero) is 1. The highest BCUT2D eigenvalue weighted by atomic mass is 16.7. The molecule has 0 aromatic carbocycles. The Hall–Kier alpha value is -0.530. The summed E-state index contributed by atoms with van der Waals surface area (Å²) in [4.78, 5) is 12.1. The van der Waals surface area contributed by atoms with Gasteiger partial charge in [0.1, 0.15) is 24.1 Å². The number of hydrogen-bond acceptors (Lipinski definition) is 6. The predicted octanol–water partition coefficient (Wildman–Crippen LogP) is 4.01. The molecule has 30 heavy (non-hydrogen) atoms. The van der Waals surface area contributed by atoms with Crippen LogP contribution < -0.4 is 0 Å². The second kappa shape index (κ2) is 16.2. The molecule has 1 saturated heterocycles. The van der Waals surface area contributed by atoms with Crippen molar-refractivity contribution in [2.24, 2.45) is 0 Å². The SMILES string of the molecule is CCCCCCCCCCCCCCCCCC(=O)C[C@]1(O)O[C@H](CO)[C@H](O)[C@H]1O. The first-order chi connectivity index (χ1) is 14.4. The quantitative estimate of drug-likeness (QED) is 0.231.